The van der Waals surface area contributed by atoms with Gasteiger partial charge in [0.2, 0.25) is 0 Å². The second-order valence-corrected chi connectivity index (χ2v) is 4.89. The van der Waals surface area contributed by atoms with E-state index in [2.05, 4.69) is 12.2 Å². The lowest BCUT2D eigenvalue weighted by atomic mass is 9.99. The Kier molecular flexibility index (Phi) is 5.81. The molecule has 16 heavy (non-hydrogen) atoms. The summed E-state index contributed by atoms with van der Waals surface area (Å²) in [4.78, 5) is 11.4. The minimum atomic E-state index is -0.0892. The van der Waals surface area contributed by atoms with Gasteiger partial charge >= 0.3 is 5.97 Å². The molecule has 1 fully saturated rings. The van der Waals surface area contributed by atoms with Crippen molar-refractivity contribution < 1.29 is 9.53 Å². The van der Waals surface area contributed by atoms with Crippen LogP contribution in [-0.4, -0.2) is 25.2 Å². The topological polar surface area (TPSA) is 38.3 Å². The van der Waals surface area contributed by atoms with Crippen molar-refractivity contribution in [1.82, 2.24) is 5.32 Å². The first-order valence-electron chi connectivity index (χ1n) is 6.55. The Morgan fingerprint density at radius 1 is 1.38 bits per heavy atom. The third-order valence-corrected chi connectivity index (χ3v) is 3.54. The van der Waals surface area contributed by atoms with Gasteiger partial charge in [0, 0.05) is 12.6 Å². The van der Waals surface area contributed by atoms with E-state index < -0.39 is 0 Å². The highest BCUT2D eigenvalue weighted by atomic mass is 16.5. The summed E-state index contributed by atoms with van der Waals surface area (Å²) in [5.41, 5.74) is 0. The second kappa shape index (κ2) is 6.89. The zero-order valence-electron chi connectivity index (χ0n) is 10.8. The highest BCUT2D eigenvalue weighted by molar-refractivity contribution is 5.72. The van der Waals surface area contributed by atoms with E-state index in [-0.39, 0.29) is 11.9 Å². The summed E-state index contributed by atoms with van der Waals surface area (Å²) in [6, 6.07) is 0.527. The van der Waals surface area contributed by atoms with Gasteiger partial charge in [-0.3, -0.25) is 4.79 Å². The van der Waals surface area contributed by atoms with Gasteiger partial charge in [-0.05, 0) is 32.6 Å². The number of hydrogen-bond acceptors (Lipinski definition) is 3. The molecule has 3 nitrogen and oxygen atoms in total. The van der Waals surface area contributed by atoms with Crippen LogP contribution in [0, 0.1) is 11.8 Å². The molecule has 0 amide bonds. The Morgan fingerprint density at radius 2 is 2.00 bits per heavy atom. The normalized spacial score (nSPS) is 20.7. The van der Waals surface area contributed by atoms with E-state index in [4.69, 9.17) is 4.74 Å². The molecule has 0 heterocycles. The fourth-order valence-corrected chi connectivity index (χ4v) is 2.35. The van der Waals surface area contributed by atoms with Crippen LogP contribution < -0.4 is 5.32 Å². The predicted molar refractivity (Wildman–Crippen MR) is 65.2 cm³/mol. The first-order chi connectivity index (χ1) is 7.65. The van der Waals surface area contributed by atoms with Crippen molar-refractivity contribution in [3.05, 3.63) is 0 Å². The van der Waals surface area contributed by atoms with Crippen molar-refractivity contribution in [2.75, 3.05) is 13.2 Å². The van der Waals surface area contributed by atoms with Crippen molar-refractivity contribution in [1.29, 1.82) is 0 Å². The molecule has 0 bridgehead atoms. The van der Waals surface area contributed by atoms with Crippen LogP contribution >= 0.6 is 0 Å². The molecule has 2 atom stereocenters. The smallest absolute Gasteiger partial charge is 0.309 e. The fraction of sp³-hybridized carbons (Fsp3) is 0.923. The van der Waals surface area contributed by atoms with E-state index in [1.54, 1.807) is 0 Å². The largest absolute Gasteiger partial charge is 0.466 e. The number of ether oxygens (including phenoxy) is 1. The van der Waals surface area contributed by atoms with Gasteiger partial charge in [-0.15, -0.1) is 0 Å². The van der Waals surface area contributed by atoms with Crippen LogP contribution in [0.2, 0.25) is 0 Å². The van der Waals surface area contributed by atoms with E-state index >= 15 is 0 Å². The predicted octanol–water partition coefficient (Wildman–Crippen LogP) is 2.35. The van der Waals surface area contributed by atoms with Crippen LogP contribution in [0.4, 0.5) is 0 Å². The number of nitrogens with one attached hydrogen (secondary N) is 1. The molecule has 94 valence electrons. The molecule has 0 radical (unpaired) electrons. The van der Waals surface area contributed by atoms with Gasteiger partial charge < -0.3 is 10.1 Å². The van der Waals surface area contributed by atoms with Crippen LogP contribution in [0.25, 0.3) is 0 Å². The lowest BCUT2D eigenvalue weighted by molar-refractivity contribution is -0.147. The molecule has 0 spiro atoms. The summed E-state index contributed by atoms with van der Waals surface area (Å²) in [7, 11) is 0. The summed E-state index contributed by atoms with van der Waals surface area (Å²) < 4.78 is 4.98. The third-order valence-electron chi connectivity index (χ3n) is 3.54. The molecule has 3 heteroatoms. The van der Waals surface area contributed by atoms with Crippen molar-refractivity contribution in [3.63, 3.8) is 0 Å². The monoisotopic (exact) mass is 227 g/mol. The molecule has 0 aromatic heterocycles. The summed E-state index contributed by atoms with van der Waals surface area (Å²) in [6.45, 7) is 7.21. The molecule has 1 rings (SSSR count). The van der Waals surface area contributed by atoms with E-state index in [0.29, 0.717) is 12.6 Å². The summed E-state index contributed by atoms with van der Waals surface area (Å²) in [6.07, 6.45) is 5.40. The van der Waals surface area contributed by atoms with Gasteiger partial charge in [-0.2, -0.15) is 0 Å². The van der Waals surface area contributed by atoms with Crippen LogP contribution in [0.3, 0.4) is 0 Å². The summed E-state index contributed by atoms with van der Waals surface area (Å²) in [5, 5.41) is 3.46. The van der Waals surface area contributed by atoms with Crippen LogP contribution in [0.5, 0.6) is 0 Å². The number of carbonyl (C=O) groups is 1. The zero-order valence-corrected chi connectivity index (χ0v) is 10.8. The maximum Gasteiger partial charge on any atom is 0.309 e. The molecule has 1 unspecified atom stereocenters. The molecule has 0 aromatic carbocycles. The number of carbonyl (C=O) groups excluding carboxylic acids is 1. The highest BCUT2D eigenvalue weighted by Gasteiger charge is 2.22. The molecule has 1 aliphatic carbocycles. The molecular formula is C13H25NO2. The first-order valence-corrected chi connectivity index (χ1v) is 6.55. The standard InChI is InChI=1S/C13H25NO2/c1-4-16-13(15)10(2)9-14-11(3)12-7-5-6-8-12/h10-12,14H,4-9H2,1-3H3/t10?,11-/m0/s1. The number of hydrogen-bond donors (Lipinski definition) is 1. The average molecular weight is 227 g/mol. The Balaban J connectivity index is 2.19. The maximum atomic E-state index is 11.4. The third kappa shape index (κ3) is 4.12. The molecular weight excluding hydrogens is 202 g/mol. The van der Waals surface area contributed by atoms with Crippen molar-refractivity contribution in [3.8, 4) is 0 Å². The Bertz CT molecular complexity index is 212. The molecule has 0 aromatic rings. The maximum absolute atomic E-state index is 11.4. The Hall–Kier alpha value is -0.570. The molecule has 1 aliphatic rings. The molecule has 1 N–H and O–H groups in total. The van der Waals surface area contributed by atoms with Gasteiger partial charge in [0.25, 0.3) is 0 Å². The lowest BCUT2D eigenvalue weighted by Gasteiger charge is -2.22. The summed E-state index contributed by atoms with van der Waals surface area (Å²) >= 11 is 0. The minimum Gasteiger partial charge on any atom is -0.466 e. The first kappa shape index (κ1) is 13.5. The van der Waals surface area contributed by atoms with Crippen LogP contribution in [0.15, 0.2) is 0 Å². The molecule has 0 aliphatic heterocycles. The van der Waals surface area contributed by atoms with E-state index in [9.17, 15) is 4.79 Å². The highest BCUT2D eigenvalue weighted by Crippen LogP contribution is 2.27. The van der Waals surface area contributed by atoms with Gasteiger partial charge in [0.05, 0.1) is 12.5 Å². The van der Waals surface area contributed by atoms with Gasteiger partial charge in [-0.1, -0.05) is 19.8 Å². The average Bonchev–Trinajstić information content (AvgIpc) is 2.79. The van der Waals surface area contributed by atoms with E-state index in [0.717, 1.165) is 12.5 Å². The van der Waals surface area contributed by atoms with Crippen molar-refractivity contribution >= 4 is 5.97 Å². The molecule has 0 saturated heterocycles. The fourth-order valence-electron chi connectivity index (χ4n) is 2.35. The second-order valence-electron chi connectivity index (χ2n) is 4.89. The van der Waals surface area contributed by atoms with Crippen molar-refractivity contribution in [2.24, 2.45) is 11.8 Å². The van der Waals surface area contributed by atoms with Gasteiger partial charge in [0.1, 0.15) is 0 Å². The SMILES string of the molecule is CCOC(=O)C(C)CN[C@@H](C)C1CCCC1. The Morgan fingerprint density at radius 3 is 2.56 bits per heavy atom. The summed E-state index contributed by atoms with van der Waals surface area (Å²) in [5.74, 6) is 0.673. The lowest BCUT2D eigenvalue weighted by Crippen LogP contribution is -2.37. The van der Waals surface area contributed by atoms with Gasteiger partial charge in [-0.25, -0.2) is 0 Å². The van der Waals surface area contributed by atoms with Gasteiger partial charge in [0.15, 0.2) is 0 Å². The van der Waals surface area contributed by atoms with E-state index in [1.165, 1.54) is 25.7 Å². The quantitative estimate of drug-likeness (QED) is 0.708. The minimum absolute atomic E-state index is 0.0381. The van der Waals surface area contributed by atoms with E-state index in [1.807, 2.05) is 13.8 Å². The Labute approximate surface area is 98.9 Å². The zero-order chi connectivity index (χ0) is 12.0. The number of esters is 1. The number of rotatable bonds is 6. The molecule has 1 saturated carbocycles. The van der Waals surface area contributed by atoms with Crippen LogP contribution in [-0.2, 0) is 9.53 Å². The van der Waals surface area contributed by atoms with Crippen LogP contribution in [0.1, 0.15) is 46.5 Å². The van der Waals surface area contributed by atoms with Crippen molar-refractivity contribution in [2.45, 2.75) is 52.5 Å².